The van der Waals surface area contributed by atoms with E-state index in [9.17, 15) is 27.2 Å². The lowest BCUT2D eigenvalue weighted by molar-refractivity contribution is -0.137. The molecule has 242 valence electrons. The Balaban J connectivity index is 1.26. The Kier molecular flexibility index (Phi) is 8.64. The van der Waals surface area contributed by atoms with E-state index in [1.165, 1.54) is 42.6 Å². The molecule has 0 fully saturated rings. The third-order valence-corrected chi connectivity index (χ3v) is 7.58. The molecule has 0 spiro atoms. The van der Waals surface area contributed by atoms with E-state index in [-0.39, 0.29) is 23.4 Å². The first-order valence-electron chi connectivity index (χ1n) is 14.7. The molecule has 0 aliphatic heterocycles. The van der Waals surface area contributed by atoms with Crippen LogP contribution >= 0.6 is 0 Å². The molecule has 0 atom stereocenters. The summed E-state index contributed by atoms with van der Waals surface area (Å²) in [5.41, 5.74) is 2.57. The van der Waals surface area contributed by atoms with E-state index in [1.54, 1.807) is 36.4 Å². The van der Waals surface area contributed by atoms with Gasteiger partial charge in [-0.1, -0.05) is 24.3 Å². The summed E-state index contributed by atoms with van der Waals surface area (Å²) in [6.45, 7) is 3.52. The SMILES string of the molecule is Cc1cc(C=Nn2c(-c3cccc(C(F)(F)F)c3)nc3ccccc3c2=O)c(C)n1-c1ccc(OCC(=O)Nc2ccc(F)cc2)cc1. The summed E-state index contributed by atoms with van der Waals surface area (Å²) in [4.78, 5) is 30.3. The van der Waals surface area contributed by atoms with Crippen LogP contribution in [0.15, 0.2) is 113 Å². The number of aryl methyl sites for hydroxylation is 1. The van der Waals surface area contributed by atoms with Gasteiger partial charge in [-0.15, -0.1) is 0 Å². The molecule has 0 radical (unpaired) electrons. The molecule has 0 saturated carbocycles. The first-order valence-corrected chi connectivity index (χ1v) is 14.7. The maximum absolute atomic E-state index is 13.6. The lowest BCUT2D eigenvalue weighted by atomic mass is 10.1. The molecule has 8 nitrogen and oxygen atoms in total. The van der Waals surface area contributed by atoms with Gasteiger partial charge in [0.2, 0.25) is 0 Å². The van der Waals surface area contributed by atoms with Crippen LogP contribution in [0.4, 0.5) is 23.2 Å². The number of aromatic nitrogens is 3. The van der Waals surface area contributed by atoms with E-state index in [0.717, 1.165) is 33.9 Å². The summed E-state index contributed by atoms with van der Waals surface area (Å²) in [6.07, 6.45) is -3.10. The van der Waals surface area contributed by atoms with Gasteiger partial charge in [-0.05, 0) is 92.7 Å². The number of benzene rings is 4. The topological polar surface area (TPSA) is 90.5 Å². The van der Waals surface area contributed by atoms with E-state index in [4.69, 9.17) is 4.74 Å². The molecule has 48 heavy (non-hydrogen) atoms. The van der Waals surface area contributed by atoms with Crippen LogP contribution < -0.4 is 15.6 Å². The molecular formula is C36H27F4N5O3. The number of fused-ring (bicyclic) bond motifs is 1. The van der Waals surface area contributed by atoms with E-state index in [0.29, 0.717) is 22.5 Å². The number of nitrogens with zero attached hydrogens (tertiary/aromatic N) is 4. The zero-order valence-electron chi connectivity index (χ0n) is 25.6. The van der Waals surface area contributed by atoms with Gasteiger partial charge >= 0.3 is 6.18 Å². The van der Waals surface area contributed by atoms with Gasteiger partial charge < -0.3 is 14.6 Å². The lowest BCUT2D eigenvalue weighted by Crippen LogP contribution is -2.20. The quantitative estimate of drug-likeness (QED) is 0.136. The van der Waals surface area contributed by atoms with Crippen molar-refractivity contribution < 1.29 is 27.1 Å². The number of carbonyl (C=O) groups excluding carboxylic acids is 1. The lowest BCUT2D eigenvalue weighted by Gasteiger charge is -2.12. The van der Waals surface area contributed by atoms with Crippen molar-refractivity contribution in [3.8, 4) is 22.8 Å². The van der Waals surface area contributed by atoms with Crippen molar-refractivity contribution in [3.05, 3.63) is 142 Å². The van der Waals surface area contributed by atoms with Gasteiger partial charge in [0.25, 0.3) is 11.5 Å². The van der Waals surface area contributed by atoms with Crippen LogP contribution in [0.1, 0.15) is 22.5 Å². The highest BCUT2D eigenvalue weighted by molar-refractivity contribution is 5.91. The summed E-state index contributed by atoms with van der Waals surface area (Å²) >= 11 is 0. The van der Waals surface area contributed by atoms with Crippen LogP contribution in [0.25, 0.3) is 28.0 Å². The minimum absolute atomic E-state index is 0.0307. The Labute approximate surface area is 271 Å². The number of hydrogen-bond acceptors (Lipinski definition) is 5. The number of carbonyl (C=O) groups is 1. The van der Waals surface area contributed by atoms with Crippen molar-refractivity contribution in [2.75, 3.05) is 11.9 Å². The second-order valence-electron chi connectivity index (χ2n) is 10.9. The monoisotopic (exact) mass is 653 g/mol. The first kappa shape index (κ1) is 31.9. The number of anilines is 1. The molecule has 2 aromatic heterocycles. The van der Waals surface area contributed by atoms with E-state index in [2.05, 4.69) is 15.4 Å². The number of rotatable bonds is 8. The molecule has 1 amide bonds. The summed E-state index contributed by atoms with van der Waals surface area (Å²) in [5.74, 6) is -0.374. The number of alkyl halides is 3. The highest BCUT2D eigenvalue weighted by Crippen LogP contribution is 2.32. The molecule has 0 aliphatic rings. The molecule has 12 heteroatoms. The van der Waals surface area contributed by atoms with Crippen LogP contribution in [-0.4, -0.2) is 33.0 Å². The third kappa shape index (κ3) is 6.73. The number of nitrogens with one attached hydrogen (secondary N) is 1. The van der Waals surface area contributed by atoms with E-state index in [1.807, 2.05) is 36.6 Å². The van der Waals surface area contributed by atoms with Gasteiger partial charge in [0.05, 0.1) is 22.7 Å². The van der Waals surface area contributed by atoms with Crippen molar-refractivity contribution >= 4 is 28.7 Å². The molecule has 4 aromatic carbocycles. The summed E-state index contributed by atoms with van der Waals surface area (Å²) in [6, 6.07) is 25.5. The van der Waals surface area contributed by atoms with Gasteiger partial charge in [-0.2, -0.15) is 22.9 Å². The number of halogens is 4. The van der Waals surface area contributed by atoms with Crippen molar-refractivity contribution in [2.45, 2.75) is 20.0 Å². The Morgan fingerprint density at radius 3 is 2.40 bits per heavy atom. The molecule has 0 saturated heterocycles. The number of amides is 1. The number of ether oxygens (including phenoxy) is 1. The van der Waals surface area contributed by atoms with Gasteiger partial charge in [0.15, 0.2) is 12.4 Å². The molecular weight excluding hydrogens is 626 g/mol. The van der Waals surface area contributed by atoms with Crippen LogP contribution in [0.2, 0.25) is 0 Å². The Morgan fingerprint density at radius 2 is 1.67 bits per heavy atom. The van der Waals surface area contributed by atoms with Gasteiger partial charge in [-0.25, -0.2) is 9.37 Å². The number of hydrogen-bond donors (Lipinski definition) is 1. The van der Waals surface area contributed by atoms with Crippen LogP contribution in [-0.2, 0) is 11.0 Å². The van der Waals surface area contributed by atoms with Gasteiger partial charge in [0.1, 0.15) is 11.6 Å². The normalized spacial score (nSPS) is 11.7. The molecule has 2 heterocycles. The first-order chi connectivity index (χ1) is 23.0. The van der Waals surface area contributed by atoms with Crippen molar-refractivity contribution in [2.24, 2.45) is 5.10 Å². The van der Waals surface area contributed by atoms with E-state index >= 15 is 0 Å². The standard InChI is InChI=1S/C36H27F4N5O3/c1-22-18-25(23(2)44(22)29-14-16-30(17-15-29)48-21-33(46)42-28-12-10-27(37)11-13-28)20-41-45-34(24-6-5-7-26(19-24)36(38,39)40)43-32-9-4-3-8-31(32)35(45)47/h3-20H,21H2,1-2H3,(H,42,46). The molecule has 0 unspecified atom stereocenters. The smallest absolute Gasteiger partial charge is 0.416 e. The van der Waals surface area contributed by atoms with Gasteiger partial charge in [-0.3, -0.25) is 9.59 Å². The summed E-state index contributed by atoms with van der Waals surface area (Å²) in [7, 11) is 0. The Morgan fingerprint density at radius 1 is 0.938 bits per heavy atom. The third-order valence-electron chi connectivity index (χ3n) is 7.58. The average molecular weight is 654 g/mol. The molecule has 6 aromatic rings. The fourth-order valence-electron chi connectivity index (χ4n) is 5.26. The average Bonchev–Trinajstić information content (AvgIpc) is 3.36. The highest BCUT2D eigenvalue weighted by Gasteiger charge is 2.31. The summed E-state index contributed by atoms with van der Waals surface area (Å²) in [5, 5.41) is 7.34. The second kappa shape index (κ2) is 13.0. The maximum Gasteiger partial charge on any atom is 0.416 e. The van der Waals surface area contributed by atoms with Crippen LogP contribution in [0.5, 0.6) is 5.75 Å². The van der Waals surface area contributed by atoms with E-state index < -0.39 is 29.0 Å². The Hall–Kier alpha value is -6.04. The largest absolute Gasteiger partial charge is 0.484 e. The number of para-hydroxylation sites is 1. The van der Waals surface area contributed by atoms with Crippen molar-refractivity contribution in [1.29, 1.82) is 0 Å². The molecule has 1 N–H and O–H groups in total. The predicted octanol–water partition coefficient (Wildman–Crippen LogP) is 7.53. The fraction of sp³-hybridized carbons (Fsp3) is 0.111. The second-order valence-corrected chi connectivity index (χ2v) is 10.9. The zero-order valence-corrected chi connectivity index (χ0v) is 25.6. The Bertz CT molecular complexity index is 2220. The highest BCUT2D eigenvalue weighted by atomic mass is 19.4. The fourth-order valence-corrected chi connectivity index (χ4v) is 5.26. The van der Waals surface area contributed by atoms with Gasteiger partial charge in [0, 0.05) is 33.9 Å². The minimum Gasteiger partial charge on any atom is -0.484 e. The predicted molar refractivity (Wildman–Crippen MR) is 175 cm³/mol. The van der Waals surface area contributed by atoms with Crippen LogP contribution in [0, 0.1) is 19.7 Å². The van der Waals surface area contributed by atoms with Crippen LogP contribution in [0.3, 0.4) is 0 Å². The summed E-state index contributed by atoms with van der Waals surface area (Å²) < 4.78 is 62.3. The zero-order chi connectivity index (χ0) is 34.0. The van der Waals surface area contributed by atoms with Crippen molar-refractivity contribution in [1.82, 2.24) is 14.2 Å². The molecule has 6 rings (SSSR count). The minimum atomic E-state index is -4.58. The van der Waals surface area contributed by atoms with Crippen molar-refractivity contribution in [3.63, 3.8) is 0 Å². The molecule has 0 bridgehead atoms. The maximum atomic E-state index is 13.6. The molecule has 0 aliphatic carbocycles.